The average molecular weight is 327 g/mol. The fourth-order valence-electron chi connectivity index (χ4n) is 2.15. The third-order valence-electron chi connectivity index (χ3n) is 3.18. The number of ketones is 1. The molecule has 0 bridgehead atoms. The molecule has 0 fully saturated rings. The van der Waals surface area contributed by atoms with Crippen LogP contribution in [0.25, 0.3) is 0 Å². The summed E-state index contributed by atoms with van der Waals surface area (Å²) in [5.41, 5.74) is 2.67. The summed E-state index contributed by atoms with van der Waals surface area (Å²) >= 11 is 14.0. The van der Waals surface area contributed by atoms with Crippen molar-refractivity contribution in [1.29, 1.82) is 0 Å². The van der Waals surface area contributed by atoms with Crippen LogP contribution in [0.4, 0.5) is 11.4 Å². The van der Waals surface area contributed by atoms with Gasteiger partial charge >= 0.3 is 0 Å². The number of nitrogens with one attached hydrogen (secondary N) is 1. The number of allylic oxidation sites excluding steroid dienone is 3. The predicted octanol–water partition coefficient (Wildman–Crippen LogP) is 4.23. The van der Waals surface area contributed by atoms with Crippen LogP contribution in [0, 0.1) is 0 Å². The summed E-state index contributed by atoms with van der Waals surface area (Å²) in [6.45, 7) is 0. The van der Waals surface area contributed by atoms with Crippen molar-refractivity contribution in [3.63, 3.8) is 0 Å². The van der Waals surface area contributed by atoms with Crippen molar-refractivity contribution >= 4 is 52.1 Å². The first-order chi connectivity index (χ1) is 9.45. The highest BCUT2D eigenvalue weighted by Gasteiger charge is 2.27. The van der Waals surface area contributed by atoms with Crippen molar-refractivity contribution in [2.24, 2.45) is 0 Å². The average Bonchev–Trinajstić information content (AvgIpc) is 2.36. The molecule has 3 nitrogen and oxygen atoms in total. The zero-order chi connectivity index (χ0) is 14.4. The standard InChI is InChI=1S/C14H12Cl2N2OS/c1-18(2)7-3-9(15)13-11(4-7)20-12-6-8(19)5-10(16)14(12)17-13/h3-5,17H,6H2,1-2H3. The number of halogens is 2. The molecule has 0 saturated carbocycles. The summed E-state index contributed by atoms with van der Waals surface area (Å²) in [6.07, 6.45) is 1.84. The molecule has 2 aliphatic rings. The smallest absolute Gasteiger partial charge is 0.162 e. The molecular weight excluding hydrogens is 315 g/mol. The van der Waals surface area contributed by atoms with Gasteiger partial charge < -0.3 is 10.2 Å². The second-order valence-electron chi connectivity index (χ2n) is 4.86. The van der Waals surface area contributed by atoms with E-state index in [1.165, 1.54) is 6.08 Å². The topological polar surface area (TPSA) is 32.3 Å². The first-order valence-electron chi connectivity index (χ1n) is 6.05. The van der Waals surface area contributed by atoms with Gasteiger partial charge in [0.05, 0.1) is 21.4 Å². The Hall–Kier alpha value is -1.10. The molecule has 1 N–H and O–H groups in total. The lowest BCUT2D eigenvalue weighted by Crippen LogP contribution is -2.16. The molecule has 0 saturated heterocycles. The summed E-state index contributed by atoms with van der Waals surface area (Å²) in [4.78, 5) is 15.6. The normalized spacial score (nSPS) is 17.2. The van der Waals surface area contributed by atoms with Gasteiger partial charge in [-0.25, -0.2) is 0 Å². The van der Waals surface area contributed by atoms with Crippen LogP contribution in [-0.2, 0) is 4.79 Å². The van der Waals surface area contributed by atoms with Gasteiger partial charge in [-0.3, -0.25) is 4.79 Å². The Kier molecular flexibility index (Phi) is 3.48. The van der Waals surface area contributed by atoms with E-state index in [9.17, 15) is 4.79 Å². The van der Waals surface area contributed by atoms with E-state index in [0.29, 0.717) is 16.5 Å². The molecule has 1 aromatic rings. The van der Waals surface area contributed by atoms with E-state index in [4.69, 9.17) is 23.2 Å². The SMILES string of the molecule is CN(C)c1cc(Cl)c2c(c1)SC1=C(N2)C(Cl)=CC(=O)C1. The van der Waals surface area contributed by atoms with E-state index in [2.05, 4.69) is 11.4 Å². The largest absolute Gasteiger partial charge is 0.378 e. The molecule has 3 rings (SSSR count). The maximum absolute atomic E-state index is 11.6. The number of benzene rings is 1. The monoisotopic (exact) mass is 326 g/mol. The highest BCUT2D eigenvalue weighted by molar-refractivity contribution is 8.03. The van der Waals surface area contributed by atoms with E-state index >= 15 is 0 Å². The number of nitrogens with zero attached hydrogens (tertiary/aromatic N) is 1. The first kappa shape index (κ1) is 13.9. The lowest BCUT2D eigenvalue weighted by atomic mass is 10.1. The molecule has 1 heterocycles. The molecule has 20 heavy (non-hydrogen) atoms. The summed E-state index contributed by atoms with van der Waals surface area (Å²) in [6, 6.07) is 3.96. The Balaban J connectivity index is 2.06. The van der Waals surface area contributed by atoms with Crippen LogP contribution < -0.4 is 10.2 Å². The molecule has 0 unspecified atom stereocenters. The minimum atomic E-state index is 0.0290. The van der Waals surface area contributed by atoms with Crippen molar-refractivity contribution in [3.05, 3.63) is 38.9 Å². The second kappa shape index (κ2) is 5.02. The van der Waals surface area contributed by atoms with Gasteiger partial charge in [-0.05, 0) is 12.1 Å². The van der Waals surface area contributed by atoms with Gasteiger partial charge in [-0.1, -0.05) is 35.0 Å². The number of carbonyl (C=O) groups is 1. The number of hydrogen-bond acceptors (Lipinski definition) is 4. The zero-order valence-corrected chi connectivity index (χ0v) is 13.3. The third kappa shape index (κ3) is 2.32. The predicted molar refractivity (Wildman–Crippen MR) is 85.8 cm³/mol. The van der Waals surface area contributed by atoms with E-state index < -0.39 is 0 Å². The maximum Gasteiger partial charge on any atom is 0.162 e. The Morgan fingerprint density at radius 1 is 1.30 bits per heavy atom. The zero-order valence-electron chi connectivity index (χ0n) is 11.0. The van der Waals surface area contributed by atoms with Gasteiger partial charge in [0.2, 0.25) is 0 Å². The van der Waals surface area contributed by atoms with Crippen LogP contribution in [0.1, 0.15) is 6.42 Å². The number of carbonyl (C=O) groups excluding carboxylic acids is 1. The summed E-state index contributed by atoms with van der Waals surface area (Å²) in [7, 11) is 3.93. The molecule has 1 aromatic carbocycles. The van der Waals surface area contributed by atoms with Crippen molar-refractivity contribution in [1.82, 2.24) is 0 Å². The maximum atomic E-state index is 11.6. The number of hydrogen-bond donors (Lipinski definition) is 1. The number of thioether (sulfide) groups is 1. The van der Waals surface area contributed by atoms with Crippen LogP contribution in [0.2, 0.25) is 5.02 Å². The summed E-state index contributed by atoms with van der Waals surface area (Å²) in [5.74, 6) is 0.0290. The molecule has 1 aliphatic carbocycles. The van der Waals surface area contributed by atoms with E-state index in [0.717, 1.165) is 26.9 Å². The van der Waals surface area contributed by atoms with Gasteiger partial charge in [0.15, 0.2) is 5.78 Å². The van der Waals surface area contributed by atoms with Crippen molar-refractivity contribution < 1.29 is 4.79 Å². The second-order valence-corrected chi connectivity index (χ2v) is 6.81. The van der Waals surface area contributed by atoms with Gasteiger partial charge in [0.25, 0.3) is 0 Å². The van der Waals surface area contributed by atoms with Gasteiger partial charge in [0.1, 0.15) is 0 Å². The van der Waals surface area contributed by atoms with Crippen molar-refractivity contribution in [2.45, 2.75) is 11.3 Å². The quantitative estimate of drug-likeness (QED) is 0.837. The van der Waals surface area contributed by atoms with Crippen LogP contribution in [0.3, 0.4) is 0 Å². The number of anilines is 2. The van der Waals surface area contributed by atoms with Crippen LogP contribution in [0.5, 0.6) is 0 Å². The molecule has 1 aliphatic heterocycles. The van der Waals surface area contributed by atoms with Crippen molar-refractivity contribution in [3.8, 4) is 0 Å². The summed E-state index contributed by atoms with van der Waals surface area (Å²) in [5, 5.41) is 4.35. The Morgan fingerprint density at radius 2 is 2.05 bits per heavy atom. The van der Waals surface area contributed by atoms with Gasteiger partial charge in [0, 0.05) is 42.1 Å². The molecule has 104 valence electrons. The van der Waals surface area contributed by atoms with Crippen LogP contribution in [-0.4, -0.2) is 19.9 Å². The number of rotatable bonds is 1. The Morgan fingerprint density at radius 3 is 2.75 bits per heavy atom. The van der Waals surface area contributed by atoms with Crippen LogP contribution >= 0.6 is 35.0 Å². The van der Waals surface area contributed by atoms with E-state index in [-0.39, 0.29) is 5.78 Å². The molecule has 0 spiro atoms. The molecule has 0 aromatic heterocycles. The fourth-order valence-corrected chi connectivity index (χ4v) is 3.99. The van der Waals surface area contributed by atoms with Crippen LogP contribution in [0.15, 0.2) is 38.7 Å². The molecular formula is C14H12Cl2N2OS. The number of fused-ring (bicyclic) bond motifs is 1. The van der Waals surface area contributed by atoms with E-state index in [1.54, 1.807) is 11.8 Å². The Labute approximate surface area is 131 Å². The molecule has 0 radical (unpaired) electrons. The molecule has 0 atom stereocenters. The Bertz CT molecular complexity index is 680. The van der Waals surface area contributed by atoms with Gasteiger partial charge in [-0.15, -0.1) is 0 Å². The highest BCUT2D eigenvalue weighted by atomic mass is 35.5. The first-order valence-corrected chi connectivity index (χ1v) is 7.62. The highest BCUT2D eigenvalue weighted by Crippen LogP contribution is 2.49. The third-order valence-corrected chi connectivity index (χ3v) is 4.91. The van der Waals surface area contributed by atoms with Crippen molar-refractivity contribution in [2.75, 3.05) is 24.3 Å². The minimum Gasteiger partial charge on any atom is -0.378 e. The molecule has 0 amide bonds. The summed E-state index contributed by atoms with van der Waals surface area (Å²) < 4.78 is 0. The molecule has 6 heteroatoms. The lowest BCUT2D eigenvalue weighted by molar-refractivity contribution is -0.114. The van der Waals surface area contributed by atoms with Gasteiger partial charge in [-0.2, -0.15) is 0 Å². The fraction of sp³-hybridized carbons (Fsp3) is 0.214. The lowest BCUT2D eigenvalue weighted by Gasteiger charge is -2.27. The minimum absolute atomic E-state index is 0.0290. The van der Waals surface area contributed by atoms with E-state index in [1.807, 2.05) is 25.1 Å².